The highest BCUT2D eigenvalue weighted by Gasteiger charge is 2.19. The summed E-state index contributed by atoms with van der Waals surface area (Å²) in [6.45, 7) is 1.78. The third kappa shape index (κ3) is 3.73. The molecule has 7 nitrogen and oxygen atoms in total. The molecule has 31 heavy (non-hydrogen) atoms. The number of amides is 1. The Labute approximate surface area is 178 Å². The molecule has 7 heteroatoms. The summed E-state index contributed by atoms with van der Waals surface area (Å²) in [6.07, 6.45) is 0. The Balaban J connectivity index is 1.74. The van der Waals surface area contributed by atoms with E-state index >= 15 is 0 Å². The normalized spacial score (nSPS) is 10.7. The fourth-order valence-electron chi connectivity index (χ4n) is 3.54. The van der Waals surface area contributed by atoms with Gasteiger partial charge in [0.05, 0.1) is 30.8 Å². The summed E-state index contributed by atoms with van der Waals surface area (Å²) in [7, 11) is 2.99. The first-order valence-electron chi connectivity index (χ1n) is 9.64. The van der Waals surface area contributed by atoms with Crippen LogP contribution in [0.25, 0.3) is 16.6 Å². The molecular formula is C24H21N3O4. The van der Waals surface area contributed by atoms with Gasteiger partial charge in [-0.2, -0.15) is 0 Å². The Morgan fingerprint density at radius 1 is 0.935 bits per heavy atom. The second-order valence-corrected chi connectivity index (χ2v) is 6.86. The lowest BCUT2D eigenvalue weighted by atomic mass is 10.1. The van der Waals surface area contributed by atoms with Gasteiger partial charge in [-0.3, -0.25) is 14.2 Å². The van der Waals surface area contributed by atoms with Gasteiger partial charge in [0.15, 0.2) is 0 Å². The molecular weight excluding hydrogens is 394 g/mol. The molecule has 1 N–H and O–H groups in total. The fraction of sp³-hybridized carbons (Fsp3) is 0.125. The molecule has 0 aliphatic heterocycles. The SMILES string of the molecule is COc1cccc(OC)c1C(=O)Nc1cccc(-n2c(C)nc3ccccc3c2=O)c1. The van der Waals surface area contributed by atoms with Crippen LogP contribution in [0.4, 0.5) is 5.69 Å². The minimum Gasteiger partial charge on any atom is -0.496 e. The summed E-state index contributed by atoms with van der Waals surface area (Å²) >= 11 is 0. The molecule has 0 aliphatic rings. The number of anilines is 1. The zero-order valence-electron chi connectivity index (χ0n) is 17.4. The number of fused-ring (bicyclic) bond motifs is 1. The first-order valence-corrected chi connectivity index (χ1v) is 9.64. The molecule has 0 atom stereocenters. The number of rotatable bonds is 5. The van der Waals surface area contributed by atoms with Gasteiger partial charge in [0, 0.05) is 5.69 Å². The van der Waals surface area contributed by atoms with E-state index in [-0.39, 0.29) is 11.5 Å². The lowest BCUT2D eigenvalue weighted by molar-refractivity contribution is 0.102. The molecule has 0 spiro atoms. The van der Waals surface area contributed by atoms with Gasteiger partial charge < -0.3 is 14.8 Å². The Hall–Kier alpha value is -4.13. The van der Waals surface area contributed by atoms with E-state index in [4.69, 9.17) is 9.47 Å². The van der Waals surface area contributed by atoms with E-state index in [0.717, 1.165) is 0 Å². The van der Waals surface area contributed by atoms with Crippen molar-refractivity contribution in [3.05, 3.63) is 88.5 Å². The average molecular weight is 415 g/mol. The lowest BCUT2D eigenvalue weighted by Crippen LogP contribution is -2.22. The van der Waals surface area contributed by atoms with E-state index in [9.17, 15) is 9.59 Å². The Morgan fingerprint density at radius 3 is 2.32 bits per heavy atom. The van der Waals surface area contributed by atoms with Crippen LogP contribution in [0.2, 0.25) is 0 Å². The highest BCUT2D eigenvalue weighted by molar-refractivity contribution is 6.08. The van der Waals surface area contributed by atoms with Gasteiger partial charge in [0.1, 0.15) is 22.9 Å². The van der Waals surface area contributed by atoms with Crippen molar-refractivity contribution in [2.24, 2.45) is 0 Å². The maximum atomic E-state index is 13.1. The number of benzene rings is 3. The maximum absolute atomic E-state index is 13.1. The Bertz CT molecular complexity index is 1320. The first-order chi connectivity index (χ1) is 15.0. The maximum Gasteiger partial charge on any atom is 0.265 e. The van der Waals surface area contributed by atoms with Crippen molar-refractivity contribution in [2.75, 3.05) is 19.5 Å². The van der Waals surface area contributed by atoms with E-state index < -0.39 is 0 Å². The number of nitrogens with one attached hydrogen (secondary N) is 1. The van der Waals surface area contributed by atoms with Gasteiger partial charge in [-0.15, -0.1) is 0 Å². The summed E-state index contributed by atoms with van der Waals surface area (Å²) in [5, 5.41) is 3.39. The van der Waals surface area contributed by atoms with Gasteiger partial charge in [0.25, 0.3) is 11.5 Å². The second kappa shape index (κ2) is 8.31. The van der Waals surface area contributed by atoms with E-state index in [1.54, 1.807) is 55.5 Å². The molecule has 4 rings (SSSR count). The number of nitrogens with zero attached hydrogens (tertiary/aromatic N) is 2. The predicted octanol–water partition coefficient (Wildman–Crippen LogP) is 3.96. The van der Waals surface area contributed by atoms with E-state index in [1.165, 1.54) is 18.8 Å². The number of carbonyl (C=O) groups is 1. The van der Waals surface area contributed by atoms with Crippen molar-refractivity contribution in [3.8, 4) is 17.2 Å². The molecule has 1 heterocycles. The van der Waals surface area contributed by atoms with E-state index in [0.29, 0.717) is 45.2 Å². The van der Waals surface area contributed by atoms with Crippen molar-refractivity contribution in [1.82, 2.24) is 9.55 Å². The molecule has 0 saturated heterocycles. The van der Waals surface area contributed by atoms with Crippen LogP contribution in [0.15, 0.2) is 71.5 Å². The molecule has 1 aromatic heterocycles. The number of carbonyl (C=O) groups excluding carboxylic acids is 1. The van der Waals surface area contributed by atoms with Gasteiger partial charge in [-0.05, 0) is 49.4 Å². The monoisotopic (exact) mass is 415 g/mol. The van der Waals surface area contributed by atoms with Crippen LogP contribution in [0.5, 0.6) is 11.5 Å². The Morgan fingerprint density at radius 2 is 1.61 bits per heavy atom. The average Bonchev–Trinajstić information content (AvgIpc) is 2.78. The summed E-state index contributed by atoms with van der Waals surface area (Å²) in [4.78, 5) is 30.6. The van der Waals surface area contributed by atoms with Crippen LogP contribution in [0.3, 0.4) is 0 Å². The molecule has 0 saturated carbocycles. The number of aromatic nitrogens is 2. The number of para-hydroxylation sites is 1. The molecule has 156 valence electrons. The summed E-state index contributed by atoms with van der Waals surface area (Å²) in [6, 6.07) is 19.4. The number of methoxy groups -OCH3 is 2. The number of aryl methyl sites for hydroxylation is 1. The molecule has 3 aromatic carbocycles. The highest BCUT2D eigenvalue weighted by atomic mass is 16.5. The Kier molecular flexibility index (Phi) is 5.41. The number of ether oxygens (including phenoxy) is 2. The van der Waals surface area contributed by atoms with Crippen LogP contribution in [0, 0.1) is 6.92 Å². The minimum atomic E-state index is -0.382. The molecule has 4 aromatic rings. The smallest absolute Gasteiger partial charge is 0.265 e. The van der Waals surface area contributed by atoms with Crippen LogP contribution >= 0.6 is 0 Å². The first kappa shape index (κ1) is 20.2. The van der Waals surface area contributed by atoms with Gasteiger partial charge in [0.2, 0.25) is 0 Å². The molecule has 0 fully saturated rings. The van der Waals surface area contributed by atoms with Crippen molar-refractivity contribution < 1.29 is 14.3 Å². The zero-order chi connectivity index (χ0) is 22.0. The van der Waals surface area contributed by atoms with Crippen LogP contribution in [-0.4, -0.2) is 29.7 Å². The topological polar surface area (TPSA) is 82.4 Å². The predicted molar refractivity (Wildman–Crippen MR) is 120 cm³/mol. The summed E-state index contributed by atoms with van der Waals surface area (Å²) < 4.78 is 12.2. The minimum absolute atomic E-state index is 0.169. The largest absolute Gasteiger partial charge is 0.496 e. The van der Waals surface area contributed by atoms with Crippen molar-refractivity contribution >= 4 is 22.5 Å². The van der Waals surface area contributed by atoms with E-state index in [2.05, 4.69) is 10.3 Å². The molecule has 0 bridgehead atoms. The van der Waals surface area contributed by atoms with Gasteiger partial charge in [-0.25, -0.2) is 4.98 Å². The van der Waals surface area contributed by atoms with Crippen LogP contribution in [0.1, 0.15) is 16.2 Å². The molecule has 0 aliphatic carbocycles. The third-order valence-electron chi connectivity index (χ3n) is 4.96. The number of hydrogen-bond acceptors (Lipinski definition) is 5. The summed E-state index contributed by atoms with van der Waals surface area (Å²) in [5.74, 6) is 0.975. The molecule has 1 amide bonds. The van der Waals surface area contributed by atoms with Crippen molar-refractivity contribution in [1.29, 1.82) is 0 Å². The standard InChI is InChI=1S/C24H21N3O4/c1-15-25-19-11-5-4-10-18(19)24(29)27(15)17-9-6-8-16(14-17)26-23(28)22-20(30-2)12-7-13-21(22)31-3/h4-14H,1-3H3,(H,26,28). The molecule has 0 unspecified atom stereocenters. The fourth-order valence-corrected chi connectivity index (χ4v) is 3.54. The van der Waals surface area contributed by atoms with Crippen molar-refractivity contribution in [3.63, 3.8) is 0 Å². The van der Waals surface area contributed by atoms with E-state index in [1.807, 2.05) is 18.2 Å². The zero-order valence-corrected chi connectivity index (χ0v) is 17.4. The third-order valence-corrected chi connectivity index (χ3v) is 4.96. The highest BCUT2D eigenvalue weighted by Crippen LogP contribution is 2.29. The van der Waals surface area contributed by atoms with Gasteiger partial charge >= 0.3 is 0 Å². The molecule has 0 radical (unpaired) electrons. The summed E-state index contributed by atoms with van der Waals surface area (Å²) in [5.41, 5.74) is 1.89. The number of hydrogen-bond donors (Lipinski definition) is 1. The van der Waals surface area contributed by atoms with Crippen LogP contribution < -0.4 is 20.3 Å². The quantitative estimate of drug-likeness (QED) is 0.533. The second-order valence-electron chi connectivity index (χ2n) is 6.86. The lowest BCUT2D eigenvalue weighted by Gasteiger charge is -2.14. The van der Waals surface area contributed by atoms with Crippen LogP contribution in [-0.2, 0) is 0 Å². The van der Waals surface area contributed by atoms with Crippen molar-refractivity contribution in [2.45, 2.75) is 6.92 Å². The van der Waals surface area contributed by atoms with Gasteiger partial charge in [-0.1, -0.05) is 24.3 Å².